The summed E-state index contributed by atoms with van der Waals surface area (Å²) in [7, 11) is 0. The fourth-order valence-electron chi connectivity index (χ4n) is 2.94. The highest BCUT2D eigenvalue weighted by Crippen LogP contribution is 2.32. The zero-order valence-electron chi connectivity index (χ0n) is 10.7. The Hall–Kier alpha value is -1.49. The Balaban J connectivity index is 2.21. The molecule has 0 spiro atoms. The molecule has 1 N–H and O–H groups in total. The van der Waals surface area contributed by atoms with Crippen molar-refractivity contribution < 1.29 is 9.90 Å². The van der Waals surface area contributed by atoms with Gasteiger partial charge in [-0.1, -0.05) is 22.0 Å². The molecular formula is C14H15BrN2O2. The van der Waals surface area contributed by atoms with E-state index in [9.17, 15) is 4.79 Å². The van der Waals surface area contributed by atoms with E-state index >= 15 is 0 Å². The summed E-state index contributed by atoms with van der Waals surface area (Å²) in [5, 5.41) is 10.3. The third-order valence-corrected chi connectivity index (χ3v) is 4.30. The van der Waals surface area contributed by atoms with Crippen LogP contribution in [0.2, 0.25) is 0 Å². The highest BCUT2D eigenvalue weighted by Gasteiger charge is 2.25. The molecule has 100 valence electrons. The summed E-state index contributed by atoms with van der Waals surface area (Å²) < 4.78 is 3.36. The van der Waals surface area contributed by atoms with Crippen LogP contribution in [0.4, 0.5) is 4.79 Å². The summed E-state index contributed by atoms with van der Waals surface area (Å²) in [5.41, 5.74) is 3.64. The molecule has 2 aromatic rings. The van der Waals surface area contributed by atoms with Gasteiger partial charge in [-0.05, 0) is 19.1 Å². The molecule has 3 rings (SSSR count). The lowest BCUT2D eigenvalue weighted by Gasteiger charge is -2.25. The molecule has 0 saturated carbocycles. The van der Waals surface area contributed by atoms with Gasteiger partial charge in [0.1, 0.15) is 0 Å². The number of rotatable bonds is 1. The molecule has 1 aromatic heterocycles. The number of carboxylic acid groups (broad SMARTS) is 1. The molecule has 0 fully saturated rings. The van der Waals surface area contributed by atoms with Crippen molar-refractivity contribution in [2.45, 2.75) is 26.4 Å². The predicted molar refractivity (Wildman–Crippen MR) is 77.5 cm³/mol. The molecule has 0 saturated heterocycles. The third-order valence-electron chi connectivity index (χ3n) is 3.80. The zero-order chi connectivity index (χ0) is 13.6. The van der Waals surface area contributed by atoms with E-state index in [1.165, 1.54) is 21.5 Å². The lowest BCUT2D eigenvalue weighted by Crippen LogP contribution is -2.35. The first kappa shape index (κ1) is 12.5. The number of nitrogens with zero attached hydrogens (tertiary/aromatic N) is 2. The first-order valence-electron chi connectivity index (χ1n) is 6.39. The van der Waals surface area contributed by atoms with Crippen LogP contribution in [0.5, 0.6) is 0 Å². The molecule has 1 amide bonds. The van der Waals surface area contributed by atoms with Crippen molar-refractivity contribution in [1.82, 2.24) is 9.47 Å². The van der Waals surface area contributed by atoms with Crippen LogP contribution < -0.4 is 0 Å². The number of aromatic nitrogens is 1. The van der Waals surface area contributed by atoms with E-state index in [2.05, 4.69) is 39.6 Å². The van der Waals surface area contributed by atoms with Crippen LogP contribution in [-0.4, -0.2) is 27.2 Å². The molecule has 19 heavy (non-hydrogen) atoms. The molecule has 5 heteroatoms. The van der Waals surface area contributed by atoms with Crippen molar-refractivity contribution in [3.63, 3.8) is 0 Å². The van der Waals surface area contributed by atoms with E-state index in [0.29, 0.717) is 13.1 Å². The quantitative estimate of drug-likeness (QED) is 0.873. The van der Waals surface area contributed by atoms with Crippen LogP contribution >= 0.6 is 15.9 Å². The van der Waals surface area contributed by atoms with Crippen LogP contribution in [0.3, 0.4) is 0 Å². The summed E-state index contributed by atoms with van der Waals surface area (Å²) in [5.74, 6) is 0. The molecule has 0 unspecified atom stereocenters. The minimum Gasteiger partial charge on any atom is -0.465 e. The van der Waals surface area contributed by atoms with Gasteiger partial charge in [0.2, 0.25) is 0 Å². The average molecular weight is 323 g/mol. The van der Waals surface area contributed by atoms with Crippen molar-refractivity contribution >= 4 is 32.9 Å². The molecule has 0 aliphatic carbocycles. The molecule has 0 radical (unpaired) electrons. The van der Waals surface area contributed by atoms with E-state index in [1.807, 2.05) is 6.07 Å². The van der Waals surface area contributed by atoms with Gasteiger partial charge in [0, 0.05) is 46.1 Å². The summed E-state index contributed by atoms with van der Waals surface area (Å²) in [6, 6.07) is 6.21. The Kier molecular flexibility index (Phi) is 3.01. The maximum absolute atomic E-state index is 11.1. The second-order valence-electron chi connectivity index (χ2n) is 4.79. The van der Waals surface area contributed by atoms with Crippen LogP contribution in [0.1, 0.15) is 18.2 Å². The molecule has 1 aliphatic heterocycles. The number of fused-ring (bicyclic) bond motifs is 3. The standard InChI is InChI=1S/C14H15BrN2O2/c1-2-17-12-5-6-16(14(18)19)8-11(12)10-4-3-9(15)7-13(10)17/h3-4,7H,2,5-6,8H2,1H3,(H,18,19). The van der Waals surface area contributed by atoms with Gasteiger partial charge >= 0.3 is 6.09 Å². The van der Waals surface area contributed by atoms with E-state index in [-0.39, 0.29) is 0 Å². The van der Waals surface area contributed by atoms with Gasteiger partial charge in [0.25, 0.3) is 0 Å². The maximum Gasteiger partial charge on any atom is 0.407 e. The lowest BCUT2D eigenvalue weighted by molar-refractivity contribution is 0.139. The van der Waals surface area contributed by atoms with Crippen LogP contribution in [0.25, 0.3) is 10.9 Å². The smallest absolute Gasteiger partial charge is 0.407 e. The van der Waals surface area contributed by atoms with Crippen LogP contribution in [-0.2, 0) is 19.5 Å². The summed E-state index contributed by atoms with van der Waals surface area (Å²) >= 11 is 3.51. The molecular weight excluding hydrogens is 308 g/mol. The highest BCUT2D eigenvalue weighted by molar-refractivity contribution is 9.10. The van der Waals surface area contributed by atoms with E-state index in [0.717, 1.165) is 23.0 Å². The topological polar surface area (TPSA) is 45.5 Å². The number of amides is 1. The van der Waals surface area contributed by atoms with Gasteiger partial charge in [0.15, 0.2) is 0 Å². The second-order valence-corrected chi connectivity index (χ2v) is 5.70. The summed E-state index contributed by atoms with van der Waals surface area (Å²) in [4.78, 5) is 12.6. The predicted octanol–water partition coefficient (Wildman–Crippen LogP) is 3.46. The summed E-state index contributed by atoms with van der Waals surface area (Å²) in [6.07, 6.45) is -0.0398. The maximum atomic E-state index is 11.1. The molecule has 0 bridgehead atoms. The van der Waals surface area contributed by atoms with Crippen LogP contribution in [0, 0.1) is 0 Å². The average Bonchev–Trinajstić information content (AvgIpc) is 2.70. The SMILES string of the molecule is CCn1c2c(c3ccc(Br)cc31)CN(C(=O)O)CC2. The number of hydrogen-bond donors (Lipinski definition) is 1. The molecule has 0 atom stereocenters. The van der Waals surface area contributed by atoms with Crippen molar-refractivity contribution in [2.75, 3.05) is 6.54 Å². The minimum atomic E-state index is -0.833. The second kappa shape index (κ2) is 4.56. The lowest BCUT2D eigenvalue weighted by atomic mass is 10.0. The van der Waals surface area contributed by atoms with Crippen molar-refractivity contribution in [2.24, 2.45) is 0 Å². The number of benzene rings is 1. The molecule has 1 aromatic carbocycles. The van der Waals surface area contributed by atoms with Crippen molar-refractivity contribution in [1.29, 1.82) is 0 Å². The van der Waals surface area contributed by atoms with E-state index in [4.69, 9.17) is 5.11 Å². The van der Waals surface area contributed by atoms with Gasteiger partial charge in [0.05, 0.1) is 6.54 Å². The molecule has 1 aliphatic rings. The van der Waals surface area contributed by atoms with Gasteiger partial charge in [-0.2, -0.15) is 0 Å². The Morgan fingerprint density at radius 1 is 1.47 bits per heavy atom. The Bertz CT molecular complexity index is 663. The fourth-order valence-corrected chi connectivity index (χ4v) is 3.29. The number of hydrogen-bond acceptors (Lipinski definition) is 1. The Morgan fingerprint density at radius 3 is 2.95 bits per heavy atom. The zero-order valence-corrected chi connectivity index (χ0v) is 12.3. The fraction of sp³-hybridized carbons (Fsp3) is 0.357. The van der Waals surface area contributed by atoms with Crippen molar-refractivity contribution in [3.05, 3.63) is 33.9 Å². The minimum absolute atomic E-state index is 0.496. The molecule has 4 nitrogen and oxygen atoms in total. The van der Waals surface area contributed by atoms with E-state index < -0.39 is 6.09 Å². The number of aryl methyl sites for hydroxylation is 1. The number of carbonyl (C=O) groups is 1. The third kappa shape index (κ3) is 1.92. The normalized spacial score (nSPS) is 14.7. The molecule has 2 heterocycles. The first-order valence-corrected chi connectivity index (χ1v) is 7.18. The van der Waals surface area contributed by atoms with Gasteiger partial charge in [-0.25, -0.2) is 4.79 Å². The van der Waals surface area contributed by atoms with E-state index in [1.54, 1.807) is 0 Å². The first-order chi connectivity index (χ1) is 9.11. The van der Waals surface area contributed by atoms with Crippen LogP contribution in [0.15, 0.2) is 22.7 Å². The summed E-state index contributed by atoms with van der Waals surface area (Å²) in [6.45, 7) is 4.12. The number of halogens is 1. The monoisotopic (exact) mass is 322 g/mol. The largest absolute Gasteiger partial charge is 0.465 e. The van der Waals surface area contributed by atoms with Gasteiger partial charge in [-0.15, -0.1) is 0 Å². The van der Waals surface area contributed by atoms with Gasteiger partial charge in [-0.3, -0.25) is 0 Å². The highest BCUT2D eigenvalue weighted by atomic mass is 79.9. The van der Waals surface area contributed by atoms with Crippen molar-refractivity contribution in [3.8, 4) is 0 Å². The Morgan fingerprint density at radius 2 is 2.26 bits per heavy atom. The Labute approximate surface area is 119 Å². The van der Waals surface area contributed by atoms with Gasteiger partial charge < -0.3 is 14.6 Å².